The van der Waals surface area contributed by atoms with Crippen LogP contribution in [-0.4, -0.2) is 0 Å². The maximum Gasteiger partial charge on any atom is 0.131 e. The molecule has 3 heteroatoms. The molecule has 2 N–H and O–H groups in total. The Labute approximate surface area is 98.9 Å². The third kappa shape index (κ3) is 2.00. The second-order valence-electron chi connectivity index (χ2n) is 4.10. The molecule has 0 saturated carbocycles. The van der Waals surface area contributed by atoms with Gasteiger partial charge >= 0.3 is 0 Å². The highest BCUT2D eigenvalue weighted by molar-refractivity contribution is 5.72. The van der Waals surface area contributed by atoms with Crippen molar-refractivity contribution >= 4 is 5.69 Å². The van der Waals surface area contributed by atoms with Crippen LogP contribution in [0.25, 0.3) is 11.1 Å². The van der Waals surface area contributed by atoms with Crippen LogP contribution in [0.1, 0.15) is 11.1 Å². The van der Waals surface area contributed by atoms with Gasteiger partial charge in [-0.15, -0.1) is 0 Å². The molecule has 0 radical (unpaired) electrons. The summed E-state index contributed by atoms with van der Waals surface area (Å²) >= 11 is 0. The first-order valence-electron chi connectivity index (χ1n) is 5.32. The molecule has 0 unspecified atom stereocenters. The number of nitrogens with two attached hydrogens (primary N) is 1. The molecule has 0 aliphatic heterocycles. The average Bonchev–Trinajstić information content (AvgIpc) is 2.28. The van der Waals surface area contributed by atoms with E-state index in [-0.39, 0.29) is 11.6 Å². The Morgan fingerprint density at radius 2 is 1.65 bits per heavy atom. The van der Waals surface area contributed by atoms with E-state index >= 15 is 0 Å². The maximum atomic E-state index is 13.8. The molecule has 2 aromatic carbocycles. The molecule has 0 fully saturated rings. The smallest absolute Gasteiger partial charge is 0.131 e. The number of halogens is 2. The standard InChI is InChI=1S/C14H13F2N/c1-8-6-13(16)11(7-14(8)17)10-4-3-5-12(15)9(10)2/h3-7H,17H2,1-2H3. The molecule has 1 nitrogen and oxygen atoms in total. The molecule has 2 rings (SSSR count). The molecule has 17 heavy (non-hydrogen) atoms. The highest BCUT2D eigenvalue weighted by Gasteiger charge is 2.11. The molecule has 0 atom stereocenters. The van der Waals surface area contributed by atoms with E-state index in [4.69, 9.17) is 5.73 Å². The van der Waals surface area contributed by atoms with Crippen molar-refractivity contribution in [1.29, 1.82) is 0 Å². The zero-order chi connectivity index (χ0) is 12.6. The number of benzene rings is 2. The Balaban J connectivity index is 2.69. The van der Waals surface area contributed by atoms with Crippen molar-refractivity contribution in [3.8, 4) is 11.1 Å². The van der Waals surface area contributed by atoms with E-state index in [1.54, 1.807) is 32.0 Å². The average molecular weight is 233 g/mol. The van der Waals surface area contributed by atoms with Crippen molar-refractivity contribution in [3.63, 3.8) is 0 Å². The van der Waals surface area contributed by atoms with Crippen molar-refractivity contribution < 1.29 is 8.78 Å². The van der Waals surface area contributed by atoms with Crippen molar-refractivity contribution in [3.05, 3.63) is 53.1 Å². The normalized spacial score (nSPS) is 10.6. The first kappa shape index (κ1) is 11.6. The number of nitrogen functional groups attached to an aromatic ring is 1. The van der Waals surface area contributed by atoms with Gasteiger partial charge in [0.2, 0.25) is 0 Å². The number of anilines is 1. The predicted molar refractivity (Wildman–Crippen MR) is 65.7 cm³/mol. The lowest BCUT2D eigenvalue weighted by atomic mass is 9.98. The summed E-state index contributed by atoms with van der Waals surface area (Å²) in [4.78, 5) is 0. The van der Waals surface area contributed by atoms with Gasteiger partial charge in [0.05, 0.1) is 0 Å². The van der Waals surface area contributed by atoms with Gasteiger partial charge in [-0.1, -0.05) is 12.1 Å². The van der Waals surface area contributed by atoms with Gasteiger partial charge in [-0.3, -0.25) is 0 Å². The van der Waals surface area contributed by atoms with Crippen LogP contribution in [0.4, 0.5) is 14.5 Å². The summed E-state index contributed by atoms with van der Waals surface area (Å²) < 4.78 is 27.3. The fraction of sp³-hybridized carbons (Fsp3) is 0.143. The molecule has 0 spiro atoms. The van der Waals surface area contributed by atoms with Crippen LogP contribution >= 0.6 is 0 Å². The highest BCUT2D eigenvalue weighted by atomic mass is 19.1. The zero-order valence-electron chi connectivity index (χ0n) is 9.72. The van der Waals surface area contributed by atoms with Gasteiger partial charge in [0, 0.05) is 11.3 Å². The van der Waals surface area contributed by atoms with Crippen molar-refractivity contribution in [2.45, 2.75) is 13.8 Å². The second kappa shape index (κ2) is 4.17. The zero-order valence-corrected chi connectivity index (χ0v) is 9.72. The van der Waals surface area contributed by atoms with Crippen LogP contribution in [0.15, 0.2) is 30.3 Å². The number of hydrogen-bond acceptors (Lipinski definition) is 1. The van der Waals surface area contributed by atoms with Gasteiger partial charge in [-0.2, -0.15) is 0 Å². The number of rotatable bonds is 1. The van der Waals surface area contributed by atoms with E-state index < -0.39 is 0 Å². The van der Waals surface area contributed by atoms with E-state index in [2.05, 4.69) is 0 Å². The second-order valence-corrected chi connectivity index (χ2v) is 4.10. The van der Waals surface area contributed by atoms with E-state index in [0.29, 0.717) is 27.9 Å². The van der Waals surface area contributed by atoms with Gasteiger partial charge < -0.3 is 5.73 Å². The van der Waals surface area contributed by atoms with E-state index in [1.807, 2.05) is 0 Å². The largest absolute Gasteiger partial charge is 0.398 e. The van der Waals surface area contributed by atoms with Crippen LogP contribution in [0.3, 0.4) is 0 Å². The van der Waals surface area contributed by atoms with Gasteiger partial charge in [0.25, 0.3) is 0 Å². The highest BCUT2D eigenvalue weighted by Crippen LogP contribution is 2.30. The Hall–Kier alpha value is -1.90. The lowest BCUT2D eigenvalue weighted by molar-refractivity contribution is 0.616. The monoisotopic (exact) mass is 233 g/mol. The van der Waals surface area contributed by atoms with E-state index in [1.165, 1.54) is 12.1 Å². The first-order valence-corrected chi connectivity index (χ1v) is 5.32. The number of aryl methyl sites for hydroxylation is 1. The lowest BCUT2D eigenvalue weighted by Gasteiger charge is -2.10. The third-order valence-corrected chi connectivity index (χ3v) is 2.91. The van der Waals surface area contributed by atoms with Gasteiger partial charge in [-0.25, -0.2) is 8.78 Å². The summed E-state index contributed by atoms with van der Waals surface area (Å²) in [7, 11) is 0. The molecule has 0 bridgehead atoms. The molecule has 0 saturated heterocycles. The summed E-state index contributed by atoms with van der Waals surface area (Å²) in [6.45, 7) is 3.36. The molecule has 88 valence electrons. The lowest BCUT2D eigenvalue weighted by Crippen LogP contribution is -1.96. The summed E-state index contributed by atoms with van der Waals surface area (Å²) in [5.41, 5.74) is 8.24. The summed E-state index contributed by atoms with van der Waals surface area (Å²) in [5, 5.41) is 0. The summed E-state index contributed by atoms with van der Waals surface area (Å²) in [6, 6.07) is 7.52. The maximum absolute atomic E-state index is 13.8. The van der Waals surface area contributed by atoms with Gasteiger partial charge in [0.1, 0.15) is 11.6 Å². The Bertz CT molecular complexity index is 577. The van der Waals surface area contributed by atoms with Crippen LogP contribution in [0.2, 0.25) is 0 Å². The minimum Gasteiger partial charge on any atom is -0.398 e. The predicted octanol–water partition coefficient (Wildman–Crippen LogP) is 3.83. The molecule has 0 amide bonds. The quantitative estimate of drug-likeness (QED) is 0.744. The van der Waals surface area contributed by atoms with Crippen molar-refractivity contribution in [2.24, 2.45) is 0 Å². The molecular weight excluding hydrogens is 220 g/mol. The van der Waals surface area contributed by atoms with Crippen molar-refractivity contribution in [1.82, 2.24) is 0 Å². The molecule has 2 aromatic rings. The van der Waals surface area contributed by atoms with E-state index in [9.17, 15) is 8.78 Å². The molecule has 0 heterocycles. The minimum atomic E-state index is -0.384. The minimum absolute atomic E-state index is 0.338. The number of hydrogen-bond donors (Lipinski definition) is 1. The fourth-order valence-corrected chi connectivity index (χ4v) is 1.80. The SMILES string of the molecule is Cc1cc(F)c(-c2cccc(F)c2C)cc1N. The Kier molecular flexibility index (Phi) is 2.84. The van der Waals surface area contributed by atoms with Crippen LogP contribution in [0, 0.1) is 25.5 Å². The fourth-order valence-electron chi connectivity index (χ4n) is 1.80. The molecular formula is C14H13F2N. The molecule has 0 aliphatic carbocycles. The van der Waals surface area contributed by atoms with Crippen LogP contribution in [-0.2, 0) is 0 Å². The molecule has 0 aromatic heterocycles. The van der Waals surface area contributed by atoms with Gasteiger partial charge in [0.15, 0.2) is 0 Å². The Morgan fingerprint density at radius 1 is 0.941 bits per heavy atom. The topological polar surface area (TPSA) is 26.0 Å². The summed E-state index contributed by atoms with van der Waals surface area (Å²) in [6.07, 6.45) is 0. The summed E-state index contributed by atoms with van der Waals surface area (Å²) in [5.74, 6) is -0.730. The molecule has 0 aliphatic rings. The van der Waals surface area contributed by atoms with E-state index in [0.717, 1.165) is 0 Å². The van der Waals surface area contributed by atoms with Crippen molar-refractivity contribution in [2.75, 3.05) is 5.73 Å². The van der Waals surface area contributed by atoms with Gasteiger partial charge in [-0.05, 0) is 48.7 Å². The Morgan fingerprint density at radius 3 is 2.35 bits per heavy atom. The van der Waals surface area contributed by atoms with Crippen LogP contribution in [0.5, 0.6) is 0 Å². The third-order valence-electron chi connectivity index (χ3n) is 2.91. The first-order chi connectivity index (χ1) is 8.00. The van der Waals surface area contributed by atoms with Crippen LogP contribution < -0.4 is 5.73 Å².